The third-order valence-electron chi connectivity index (χ3n) is 5.08. The Morgan fingerprint density at radius 2 is 1.55 bits per heavy atom. The molecule has 2 aromatic carbocycles. The van der Waals surface area contributed by atoms with Gasteiger partial charge in [-0.3, -0.25) is 4.79 Å². The van der Waals surface area contributed by atoms with Crippen LogP contribution < -0.4 is 20.1 Å². The number of hydrogen-bond donors (Lipinski definition) is 2. The van der Waals surface area contributed by atoms with Gasteiger partial charge in [0.05, 0.1) is 25.9 Å². The van der Waals surface area contributed by atoms with E-state index >= 15 is 0 Å². The number of hydrogen-bond acceptors (Lipinski definition) is 5. The van der Waals surface area contributed by atoms with E-state index in [-0.39, 0.29) is 17.9 Å². The second-order valence-corrected chi connectivity index (χ2v) is 8.52. The lowest BCUT2D eigenvalue weighted by Crippen LogP contribution is -2.51. The molecule has 1 unspecified atom stereocenters. The first-order chi connectivity index (χ1) is 15.7. The van der Waals surface area contributed by atoms with Gasteiger partial charge in [-0.15, -0.1) is 0 Å². The normalized spacial score (nSPS) is 12.8. The second kappa shape index (κ2) is 12.1. The van der Waals surface area contributed by atoms with Crippen LogP contribution in [0.1, 0.15) is 57.4 Å². The summed E-state index contributed by atoms with van der Waals surface area (Å²) in [5.41, 5.74) is 2.87. The minimum absolute atomic E-state index is 0.141. The first-order valence-corrected chi connectivity index (χ1v) is 11.3. The predicted octanol–water partition coefficient (Wildman–Crippen LogP) is 4.77. The molecule has 2 aromatic rings. The maximum atomic E-state index is 13.3. The number of carbonyl (C=O) groups excluding carboxylic acids is 2. The molecule has 2 rings (SSSR count). The second-order valence-electron chi connectivity index (χ2n) is 8.52. The van der Waals surface area contributed by atoms with E-state index in [1.165, 1.54) is 0 Å². The summed E-state index contributed by atoms with van der Waals surface area (Å²) in [6.45, 7) is 11.7. The molecule has 0 heterocycles. The first-order valence-electron chi connectivity index (χ1n) is 11.3. The monoisotopic (exact) mass is 456 g/mol. The Kier molecular flexibility index (Phi) is 9.57. The number of methoxy groups -OCH3 is 1. The van der Waals surface area contributed by atoms with Gasteiger partial charge in [0.15, 0.2) is 11.5 Å². The van der Waals surface area contributed by atoms with Gasteiger partial charge in [0.1, 0.15) is 6.04 Å². The molecule has 0 radical (unpaired) electrons. The van der Waals surface area contributed by atoms with Gasteiger partial charge < -0.3 is 24.8 Å². The van der Waals surface area contributed by atoms with Gasteiger partial charge in [-0.2, -0.15) is 0 Å². The predicted molar refractivity (Wildman–Crippen MR) is 129 cm³/mol. The van der Waals surface area contributed by atoms with Crippen LogP contribution in [0, 0.1) is 12.8 Å². The Labute approximate surface area is 196 Å². The fraction of sp³-hybridized carbons (Fsp3) is 0.462. The molecule has 0 bridgehead atoms. The molecule has 2 N–H and O–H groups in total. The summed E-state index contributed by atoms with van der Waals surface area (Å²) in [4.78, 5) is 25.5. The van der Waals surface area contributed by atoms with Crippen molar-refractivity contribution in [2.24, 2.45) is 5.92 Å². The molecule has 33 heavy (non-hydrogen) atoms. The Morgan fingerprint density at radius 1 is 0.909 bits per heavy atom. The van der Waals surface area contributed by atoms with Crippen LogP contribution in [-0.4, -0.2) is 37.9 Å². The van der Waals surface area contributed by atoms with Gasteiger partial charge in [-0.05, 0) is 56.9 Å². The summed E-state index contributed by atoms with van der Waals surface area (Å²) in [6.07, 6.45) is -0.897. The molecule has 180 valence electrons. The largest absolute Gasteiger partial charge is 0.493 e. The van der Waals surface area contributed by atoms with Gasteiger partial charge in [0.25, 0.3) is 0 Å². The SMILES string of the molecule is CCOc1cc(C(NC(=O)[C@@H](NC(=O)OC(C)C)C(C)C)c2ccc(C)cc2)ccc1OC. The number of aryl methyl sites for hydroxylation is 1. The number of nitrogens with one attached hydrogen (secondary N) is 2. The van der Waals surface area contributed by atoms with Crippen LogP contribution in [0.25, 0.3) is 0 Å². The standard InChI is InChI=1S/C26H36N2O5/c1-8-32-22-15-20(13-14-21(22)31-7)24(19-11-9-18(6)10-12-19)27-25(29)23(16(2)3)28-26(30)33-17(4)5/h9-17,23-24H,8H2,1-7H3,(H,27,29)(H,28,30)/t23-,24?/m0/s1. The van der Waals surface area contributed by atoms with Crippen molar-refractivity contribution < 1.29 is 23.8 Å². The van der Waals surface area contributed by atoms with Crippen LogP contribution in [0.15, 0.2) is 42.5 Å². The van der Waals surface area contributed by atoms with Crippen molar-refractivity contribution in [3.05, 3.63) is 59.2 Å². The molecule has 0 spiro atoms. The molecule has 0 aliphatic heterocycles. The lowest BCUT2D eigenvalue weighted by Gasteiger charge is -2.27. The Bertz CT molecular complexity index is 925. The zero-order valence-electron chi connectivity index (χ0n) is 20.6. The van der Waals surface area contributed by atoms with E-state index in [0.29, 0.717) is 18.1 Å². The average molecular weight is 457 g/mol. The summed E-state index contributed by atoms with van der Waals surface area (Å²) < 4.78 is 16.3. The molecular formula is C26H36N2O5. The zero-order chi connectivity index (χ0) is 24.5. The van der Waals surface area contributed by atoms with Crippen molar-refractivity contribution in [2.75, 3.05) is 13.7 Å². The maximum Gasteiger partial charge on any atom is 0.408 e. The summed E-state index contributed by atoms with van der Waals surface area (Å²) in [5, 5.41) is 5.81. The molecule has 2 atom stereocenters. The highest BCUT2D eigenvalue weighted by Crippen LogP contribution is 2.33. The van der Waals surface area contributed by atoms with Gasteiger partial charge in [0.2, 0.25) is 5.91 Å². The molecule has 7 heteroatoms. The van der Waals surface area contributed by atoms with Crippen LogP contribution in [-0.2, 0) is 9.53 Å². The van der Waals surface area contributed by atoms with E-state index in [2.05, 4.69) is 10.6 Å². The van der Waals surface area contributed by atoms with Gasteiger partial charge >= 0.3 is 6.09 Å². The van der Waals surface area contributed by atoms with Crippen molar-refractivity contribution in [3.8, 4) is 11.5 Å². The minimum Gasteiger partial charge on any atom is -0.493 e. The van der Waals surface area contributed by atoms with Crippen LogP contribution in [0.2, 0.25) is 0 Å². The maximum absolute atomic E-state index is 13.3. The molecule has 2 amide bonds. The molecule has 0 aliphatic carbocycles. The van der Waals surface area contributed by atoms with E-state index < -0.39 is 18.2 Å². The molecular weight excluding hydrogens is 420 g/mol. The lowest BCUT2D eigenvalue weighted by atomic mass is 9.96. The summed E-state index contributed by atoms with van der Waals surface area (Å²) >= 11 is 0. The number of alkyl carbamates (subject to hydrolysis) is 1. The van der Waals surface area contributed by atoms with Crippen LogP contribution in [0.4, 0.5) is 4.79 Å². The molecule has 0 fully saturated rings. The van der Waals surface area contributed by atoms with Crippen molar-refractivity contribution in [1.82, 2.24) is 10.6 Å². The highest BCUT2D eigenvalue weighted by molar-refractivity contribution is 5.86. The number of ether oxygens (including phenoxy) is 3. The lowest BCUT2D eigenvalue weighted by molar-refractivity contribution is -0.124. The van der Waals surface area contributed by atoms with Crippen molar-refractivity contribution in [2.45, 2.75) is 59.7 Å². The van der Waals surface area contributed by atoms with Crippen LogP contribution >= 0.6 is 0 Å². The Hall–Kier alpha value is -3.22. The Balaban J connectivity index is 2.40. The highest BCUT2D eigenvalue weighted by Gasteiger charge is 2.28. The van der Waals surface area contributed by atoms with Crippen molar-refractivity contribution >= 4 is 12.0 Å². The topological polar surface area (TPSA) is 85.9 Å². The van der Waals surface area contributed by atoms with Crippen LogP contribution in [0.3, 0.4) is 0 Å². The quantitative estimate of drug-likeness (QED) is 0.538. The molecule has 0 aromatic heterocycles. The van der Waals surface area contributed by atoms with E-state index in [0.717, 1.165) is 16.7 Å². The molecule has 0 aliphatic rings. The fourth-order valence-corrected chi connectivity index (χ4v) is 3.40. The summed E-state index contributed by atoms with van der Waals surface area (Å²) in [6, 6.07) is 12.4. The van der Waals surface area contributed by atoms with E-state index in [9.17, 15) is 9.59 Å². The molecule has 0 saturated heterocycles. The van der Waals surface area contributed by atoms with Crippen LogP contribution in [0.5, 0.6) is 11.5 Å². The molecule has 0 saturated carbocycles. The summed E-state index contributed by atoms with van der Waals surface area (Å²) in [7, 11) is 1.59. The average Bonchev–Trinajstić information content (AvgIpc) is 2.76. The summed E-state index contributed by atoms with van der Waals surface area (Å²) in [5.74, 6) is 0.777. The number of benzene rings is 2. The number of carbonyl (C=O) groups is 2. The number of rotatable bonds is 10. The number of amides is 2. The highest BCUT2D eigenvalue weighted by atomic mass is 16.6. The first kappa shape index (κ1) is 26.0. The van der Waals surface area contributed by atoms with Crippen molar-refractivity contribution in [3.63, 3.8) is 0 Å². The van der Waals surface area contributed by atoms with Crippen molar-refractivity contribution in [1.29, 1.82) is 0 Å². The fourth-order valence-electron chi connectivity index (χ4n) is 3.40. The van der Waals surface area contributed by atoms with Gasteiger partial charge in [-0.1, -0.05) is 49.7 Å². The molecule has 7 nitrogen and oxygen atoms in total. The third kappa shape index (κ3) is 7.41. The zero-order valence-corrected chi connectivity index (χ0v) is 20.6. The minimum atomic E-state index is -0.756. The smallest absolute Gasteiger partial charge is 0.408 e. The van der Waals surface area contributed by atoms with E-state index in [1.807, 2.05) is 70.2 Å². The van der Waals surface area contributed by atoms with E-state index in [4.69, 9.17) is 14.2 Å². The van der Waals surface area contributed by atoms with Gasteiger partial charge in [0, 0.05) is 0 Å². The third-order valence-corrected chi connectivity index (χ3v) is 5.08. The van der Waals surface area contributed by atoms with E-state index in [1.54, 1.807) is 21.0 Å². The van der Waals surface area contributed by atoms with Gasteiger partial charge in [-0.25, -0.2) is 4.79 Å². The Morgan fingerprint density at radius 3 is 2.09 bits per heavy atom.